The number of hydrogen-bond acceptors (Lipinski definition) is 3. The molecule has 0 unspecified atom stereocenters. The molecule has 11 heavy (non-hydrogen) atoms. The largest absolute Gasteiger partial charge is 0.403 e. The molecule has 0 saturated carbocycles. The Labute approximate surface area is 69.0 Å². The van der Waals surface area contributed by atoms with Gasteiger partial charge in [0.15, 0.2) is 0 Å². The first-order valence-corrected chi connectivity index (χ1v) is 4.19. The maximum atomic E-state index is 5.65. The molecule has 0 rings (SSSR count). The van der Waals surface area contributed by atoms with Crippen molar-refractivity contribution in [2.24, 2.45) is 11.6 Å². The third kappa shape index (κ3) is 3.88. The minimum atomic E-state index is 0.812. The number of nitrogens with two attached hydrogens (primary N) is 2. The highest BCUT2D eigenvalue weighted by atomic mass is 15.4. The average molecular weight is 157 g/mol. The SMILES string of the molecule is CCCC/C(=C/N)N(N)CC. The summed E-state index contributed by atoms with van der Waals surface area (Å²) >= 11 is 0. The Balaban J connectivity index is 3.77. The van der Waals surface area contributed by atoms with Crippen LogP contribution in [-0.4, -0.2) is 11.6 Å². The summed E-state index contributed by atoms with van der Waals surface area (Å²) in [6, 6.07) is 0. The summed E-state index contributed by atoms with van der Waals surface area (Å²) in [5.74, 6) is 5.65. The van der Waals surface area contributed by atoms with Crippen LogP contribution >= 0.6 is 0 Å². The number of nitrogens with zero attached hydrogens (tertiary/aromatic N) is 1. The Kier molecular flexibility index (Phi) is 5.65. The molecule has 0 spiro atoms. The Morgan fingerprint density at radius 2 is 2.09 bits per heavy atom. The van der Waals surface area contributed by atoms with E-state index in [9.17, 15) is 0 Å². The van der Waals surface area contributed by atoms with Crippen molar-refractivity contribution in [1.82, 2.24) is 5.01 Å². The molecule has 0 atom stereocenters. The normalized spacial score (nSPS) is 11.7. The van der Waals surface area contributed by atoms with Crippen molar-refractivity contribution in [2.45, 2.75) is 33.1 Å². The average Bonchev–Trinajstić information content (AvgIpc) is 2.05. The van der Waals surface area contributed by atoms with Gasteiger partial charge in [0.1, 0.15) is 0 Å². The van der Waals surface area contributed by atoms with E-state index in [1.54, 1.807) is 11.2 Å². The fourth-order valence-corrected chi connectivity index (χ4v) is 0.884. The summed E-state index contributed by atoms with van der Waals surface area (Å²) in [5.41, 5.74) is 6.44. The van der Waals surface area contributed by atoms with E-state index in [4.69, 9.17) is 11.6 Å². The van der Waals surface area contributed by atoms with Crippen molar-refractivity contribution in [1.29, 1.82) is 0 Å². The fraction of sp³-hybridized carbons (Fsp3) is 0.750. The smallest absolute Gasteiger partial charge is 0.0445 e. The summed E-state index contributed by atoms with van der Waals surface area (Å²) in [7, 11) is 0. The van der Waals surface area contributed by atoms with Gasteiger partial charge >= 0.3 is 0 Å². The zero-order valence-corrected chi connectivity index (χ0v) is 7.51. The second kappa shape index (κ2) is 6.04. The zero-order chi connectivity index (χ0) is 8.69. The molecule has 66 valence electrons. The highest BCUT2D eigenvalue weighted by molar-refractivity contribution is 4.96. The number of allylic oxidation sites excluding steroid dienone is 1. The minimum Gasteiger partial charge on any atom is -0.403 e. The lowest BCUT2D eigenvalue weighted by Crippen LogP contribution is -2.30. The lowest BCUT2D eigenvalue weighted by atomic mass is 10.2. The van der Waals surface area contributed by atoms with Gasteiger partial charge in [0.05, 0.1) is 0 Å². The van der Waals surface area contributed by atoms with Crippen LogP contribution < -0.4 is 11.6 Å². The molecule has 0 bridgehead atoms. The third-order valence-corrected chi connectivity index (χ3v) is 1.69. The van der Waals surface area contributed by atoms with Crippen molar-refractivity contribution >= 4 is 0 Å². The highest BCUT2D eigenvalue weighted by Gasteiger charge is 2.00. The second-order valence-electron chi connectivity index (χ2n) is 2.55. The van der Waals surface area contributed by atoms with E-state index >= 15 is 0 Å². The molecule has 0 aliphatic heterocycles. The first kappa shape index (κ1) is 10.3. The van der Waals surface area contributed by atoms with Crippen LogP contribution in [-0.2, 0) is 0 Å². The lowest BCUT2D eigenvalue weighted by molar-refractivity contribution is 0.360. The Bertz CT molecular complexity index is 121. The van der Waals surface area contributed by atoms with E-state index in [2.05, 4.69) is 6.92 Å². The van der Waals surface area contributed by atoms with Gasteiger partial charge in [-0.15, -0.1) is 0 Å². The first-order valence-electron chi connectivity index (χ1n) is 4.19. The van der Waals surface area contributed by atoms with Gasteiger partial charge in [0, 0.05) is 18.4 Å². The molecule has 3 heteroatoms. The summed E-state index contributed by atoms with van der Waals surface area (Å²) in [4.78, 5) is 0. The van der Waals surface area contributed by atoms with Crippen LogP contribution in [0.25, 0.3) is 0 Å². The molecule has 0 aromatic rings. The van der Waals surface area contributed by atoms with Gasteiger partial charge in [-0.25, -0.2) is 5.84 Å². The van der Waals surface area contributed by atoms with Crippen LogP contribution in [0.2, 0.25) is 0 Å². The number of hydrogen-bond donors (Lipinski definition) is 2. The van der Waals surface area contributed by atoms with E-state index in [1.165, 1.54) is 6.42 Å². The molecule has 3 nitrogen and oxygen atoms in total. The Morgan fingerprint density at radius 3 is 2.45 bits per heavy atom. The Hall–Kier alpha value is -0.700. The maximum Gasteiger partial charge on any atom is 0.0445 e. The molecule has 0 radical (unpaired) electrons. The third-order valence-electron chi connectivity index (χ3n) is 1.69. The summed E-state index contributed by atoms with van der Waals surface area (Å²) in [6.07, 6.45) is 4.90. The van der Waals surface area contributed by atoms with Gasteiger partial charge in [0.2, 0.25) is 0 Å². The zero-order valence-electron chi connectivity index (χ0n) is 7.51. The summed E-state index contributed by atoms with van der Waals surface area (Å²) in [6.45, 7) is 4.98. The first-order chi connectivity index (χ1) is 5.26. The van der Waals surface area contributed by atoms with Crippen LogP contribution in [0.1, 0.15) is 33.1 Å². The van der Waals surface area contributed by atoms with Crippen LogP contribution in [0.4, 0.5) is 0 Å². The molecule has 0 aromatic heterocycles. The second-order valence-corrected chi connectivity index (χ2v) is 2.55. The maximum absolute atomic E-state index is 5.65. The van der Waals surface area contributed by atoms with Gasteiger partial charge in [0.25, 0.3) is 0 Å². The van der Waals surface area contributed by atoms with Gasteiger partial charge in [-0.2, -0.15) is 0 Å². The van der Waals surface area contributed by atoms with E-state index in [1.807, 2.05) is 6.92 Å². The van der Waals surface area contributed by atoms with E-state index < -0.39 is 0 Å². The van der Waals surface area contributed by atoms with Crippen molar-refractivity contribution < 1.29 is 0 Å². The van der Waals surface area contributed by atoms with Crippen LogP contribution in [0.15, 0.2) is 11.9 Å². The van der Waals surface area contributed by atoms with E-state index in [-0.39, 0.29) is 0 Å². The van der Waals surface area contributed by atoms with E-state index in [0.29, 0.717) is 0 Å². The van der Waals surface area contributed by atoms with Crippen LogP contribution in [0.5, 0.6) is 0 Å². The number of hydrazine groups is 1. The van der Waals surface area contributed by atoms with Crippen molar-refractivity contribution in [3.63, 3.8) is 0 Å². The van der Waals surface area contributed by atoms with Crippen molar-refractivity contribution in [2.75, 3.05) is 6.54 Å². The number of rotatable bonds is 5. The minimum absolute atomic E-state index is 0.812. The molecule has 0 saturated heterocycles. The highest BCUT2D eigenvalue weighted by Crippen LogP contribution is 2.07. The predicted molar refractivity (Wildman–Crippen MR) is 48.4 cm³/mol. The van der Waals surface area contributed by atoms with Gasteiger partial charge in [-0.1, -0.05) is 13.3 Å². The van der Waals surface area contributed by atoms with Crippen molar-refractivity contribution in [3.05, 3.63) is 11.9 Å². The van der Waals surface area contributed by atoms with Crippen molar-refractivity contribution in [3.8, 4) is 0 Å². The molecular formula is C8H19N3. The molecule has 0 fully saturated rings. The van der Waals surface area contributed by atoms with Gasteiger partial charge < -0.3 is 10.7 Å². The quantitative estimate of drug-likeness (QED) is 0.465. The van der Waals surface area contributed by atoms with E-state index in [0.717, 1.165) is 25.1 Å². The predicted octanol–water partition coefficient (Wildman–Crippen LogP) is 1.17. The van der Waals surface area contributed by atoms with Crippen LogP contribution in [0, 0.1) is 0 Å². The molecular weight excluding hydrogens is 138 g/mol. The molecule has 0 aliphatic carbocycles. The summed E-state index contributed by atoms with van der Waals surface area (Å²) in [5, 5.41) is 1.69. The molecule has 0 amide bonds. The molecule has 4 N–H and O–H groups in total. The standard InChI is InChI=1S/C8H19N3/c1-3-5-6-8(7-9)11(10)4-2/h7H,3-6,9-10H2,1-2H3/b8-7-. The van der Waals surface area contributed by atoms with Crippen LogP contribution in [0.3, 0.4) is 0 Å². The Morgan fingerprint density at radius 1 is 1.45 bits per heavy atom. The topological polar surface area (TPSA) is 55.3 Å². The summed E-state index contributed by atoms with van der Waals surface area (Å²) < 4.78 is 0. The number of unbranched alkanes of at least 4 members (excludes halogenated alkanes) is 1. The molecule has 0 heterocycles. The monoisotopic (exact) mass is 157 g/mol. The lowest BCUT2D eigenvalue weighted by Gasteiger charge is -2.19. The van der Waals surface area contributed by atoms with Gasteiger partial charge in [-0.3, -0.25) is 0 Å². The molecule has 0 aliphatic rings. The molecule has 0 aromatic carbocycles. The van der Waals surface area contributed by atoms with Gasteiger partial charge in [-0.05, 0) is 19.8 Å². The fourth-order valence-electron chi connectivity index (χ4n) is 0.884.